The van der Waals surface area contributed by atoms with Crippen LogP contribution in [-0.4, -0.2) is 12.6 Å². The van der Waals surface area contributed by atoms with Crippen molar-refractivity contribution in [2.24, 2.45) is 0 Å². The van der Waals surface area contributed by atoms with Gasteiger partial charge in [-0.25, -0.2) is 9.69 Å². The van der Waals surface area contributed by atoms with Gasteiger partial charge in [0, 0.05) is 16.6 Å². The van der Waals surface area contributed by atoms with Gasteiger partial charge in [-0.3, -0.25) is 0 Å². The van der Waals surface area contributed by atoms with E-state index in [2.05, 4.69) is 142 Å². The van der Waals surface area contributed by atoms with Gasteiger partial charge in [-0.1, -0.05) is 133 Å². The van der Waals surface area contributed by atoms with Crippen LogP contribution in [0.25, 0.3) is 48.3 Å². The van der Waals surface area contributed by atoms with Gasteiger partial charge in [0.15, 0.2) is 19.4 Å². The van der Waals surface area contributed by atoms with Gasteiger partial charge in [0.2, 0.25) is 0 Å². The molecule has 0 saturated heterocycles. The van der Waals surface area contributed by atoms with E-state index in [0.717, 1.165) is 38.6 Å². The molecule has 5 heteroatoms. The predicted molar refractivity (Wildman–Crippen MR) is 207 cm³/mol. The summed E-state index contributed by atoms with van der Waals surface area (Å²) in [6.07, 6.45) is 0. The second-order valence-electron chi connectivity index (χ2n) is 12.2. The second kappa shape index (κ2) is 12.6. The third-order valence-corrected chi connectivity index (χ3v) is 14.4. The molecule has 1 aromatic heterocycles. The Hall–Kier alpha value is -6.97. The van der Waals surface area contributed by atoms with Crippen molar-refractivity contribution >= 4 is 62.0 Å². The number of hydrogen-bond donors (Lipinski definition) is 0. The zero-order valence-corrected chi connectivity index (χ0v) is 28.0. The Morgan fingerprint density at radius 2 is 1.08 bits per heavy atom. The maximum Gasteiger partial charge on any atom is 0.196 e. The molecule has 0 saturated carbocycles. The minimum absolute atomic E-state index is 0.533. The van der Waals surface area contributed by atoms with Crippen molar-refractivity contribution in [1.29, 1.82) is 5.26 Å². The molecule has 4 nitrogen and oxygen atoms in total. The summed E-state index contributed by atoms with van der Waals surface area (Å²) < 4.78 is 2.17. The second-order valence-corrected chi connectivity index (χ2v) is 16.0. The largest absolute Gasteiger partial charge is 0.310 e. The van der Waals surface area contributed by atoms with Crippen LogP contribution in [0.5, 0.6) is 0 Å². The molecule has 0 N–H and O–H groups in total. The molecule has 8 aromatic rings. The van der Waals surface area contributed by atoms with Crippen LogP contribution in [0.15, 0.2) is 170 Å². The van der Waals surface area contributed by atoms with Gasteiger partial charge in [0.05, 0.1) is 35.8 Å². The zero-order chi connectivity index (χ0) is 34.1. The summed E-state index contributed by atoms with van der Waals surface area (Å²) in [7, 11) is -2.83. The Morgan fingerprint density at radius 3 is 1.66 bits per heavy atom. The van der Waals surface area contributed by atoms with Gasteiger partial charge in [-0.15, -0.1) is 0 Å². The minimum atomic E-state index is -2.83. The first-order valence-electron chi connectivity index (χ1n) is 16.3. The third kappa shape index (κ3) is 4.80. The van der Waals surface area contributed by atoms with Crippen molar-refractivity contribution in [3.8, 4) is 22.9 Å². The van der Waals surface area contributed by atoms with Crippen molar-refractivity contribution in [3.05, 3.63) is 198 Å². The van der Waals surface area contributed by atoms with E-state index in [0.29, 0.717) is 16.9 Å². The summed E-state index contributed by atoms with van der Waals surface area (Å²) in [6.45, 7) is 16.0. The lowest BCUT2D eigenvalue weighted by molar-refractivity contribution is 1.18. The zero-order valence-electron chi connectivity index (χ0n) is 27.0. The van der Waals surface area contributed by atoms with Crippen molar-refractivity contribution < 1.29 is 0 Å². The topological polar surface area (TPSA) is 37.4 Å². The van der Waals surface area contributed by atoms with E-state index in [-0.39, 0.29) is 0 Å². The quantitative estimate of drug-likeness (QED) is 0.101. The number of nitrogens with zero attached hydrogens (tertiary/aromatic N) is 4. The van der Waals surface area contributed by atoms with E-state index in [1.165, 1.54) is 20.7 Å². The highest BCUT2D eigenvalue weighted by atomic mass is 28.3. The maximum atomic E-state index is 9.76. The number of fused-ring (bicyclic) bond motifs is 3. The number of rotatable bonds is 6. The average Bonchev–Trinajstić information content (AvgIpc) is 3.52. The van der Waals surface area contributed by atoms with E-state index in [1.54, 1.807) is 0 Å². The summed E-state index contributed by atoms with van der Waals surface area (Å²) in [4.78, 5) is 7.76. The predicted octanol–water partition coefficient (Wildman–Crippen LogP) is 8.80. The first kappa shape index (κ1) is 30.4. The van der Waals surface area contributed by atoms with Crippen LogP contribution in [0.4, 0.5) is 11.4 Å². The Bertz CT molecular complexity index is 2510. The van der Waals surface area contributed by atoms with Crippen LogP contribution in [0, 0.1) is 24.5 Å². The highest BCUT2D eigenvalue weighted by Crippen LogP contribution is 2.41. The van der Waals surface area contributed by atoms with Gasteiger partial charge < -0.3 is 4.57 Å². The van der Waals surface area contributed by atoms with E-state index in [9.17, 15) is 5.26 Å². The third-order valence-electron chi connectivity index (χ3n) is 9.59. The van der Waals surface area contributed by atoms with Gasteiger partial charge in [0.25, 0.3) is 0 Å². The van der Waals surface area contributed by atoms with Crippen molar-refractivity contribution in [2.75, 3.05) is 0 Å². The van der Waals surface area contributed by atoms with Crippen molar-refractivity contribution in [2.45, 2.75) is 0 Å². The van der Waals surface area contributed by atoms with Crippen LogP contribution < -0.4 is 20.7 Å². The molecule has 0 radical (unpaired) electrons. The molecule has 0 aliphatic rings. The highest BCUT2D eigenvalue weighted by Gasteiger charge is 2.41. The van der Waals surface area contributed by atoms with E-state index >= 15 is 0 Å². The number of benzene rings is 7. The fraction of sp³-hybridized carbons (Fsp3) is 0. The molecule has 0 fully saturated rings. The van der Waals surface area contributed by atoms with E-state index in [1.807, 2.05) is 48.5 Å². The molecule has 7 aromatic carbocycles. The summed E-state index contributed by atoms with van der Waals surface area (Å²) in [5.41, 5.74) is 6.09. The Labute approximate surface area is 292 Å². The summed E-state index contributed by atoms with van der Waals surface area (Å²) in [6, 6.07) is 60.8. The van der Waals surface area contributed by atoms with E-state index < -0.39 is 8.07 Å². The fourth-order valence-electron chi connectivity index (χ4n) is 7.49. The normalized spacial score (nSPS) is 11.1. The van der Waals surface area contributed by atoms with Gasteiger partial charge in [-0.2, -0.15) is 5.26 Å². The standard InChI is InChI=1S/C45H28N4Si/c1-47-34-25-27-43-40(30-34)39-28-32(31-46)24-26-42(39)49(43)44-23-13-22-41(48-2)45(44)33-14-12-21-38(29-33)50(35-15-6-3-7-16-35,36-17-8-4-9-18-36)37-19-10-5-11-20-37/h3-30H. The van der Waals surface area contributed by atoms with Crippen molar-refractivity contribution in [1.82, 2.24) is 4.57 Å². The molecule has 50 heavy (non-hydrogen) atoms. The summed E-state index contributed by atoms with van der Waals surface area (Å²) in [5.74, 6) is 0. The molecule has 0 aliphatic carbocycles. The molecule has 0 aliphatic heterocycles. The smallest absolute Gasteiger partial charge is 0.196 e. The highest BCUT2D eigenvalue weighted by molar-refractivity contribution is 7.19. The van der Waals surface area contributed by atoms with E-state index in [4.69, 9.17) is 13.1 Å². The molecule has 0 spiro atoms. The van der Waals surface area contributed by atoms with Crippen LogP contribution >= 0.6 is 0 Å². The molecule has 1 heterocycles. The Morgan fingerprint density at radius 1 is 0.520 bits per heavy atom. The number of nitriles is 1. The number of aromatic nitrogens is 1. The molecular weight excluding hydrogens is 625 g/mol. The first-order valence-corrected chi connectivity index (χ1v) is 18.3. The maximum absolute atomic E-state index is 9.76. The first-order chi connectivity index (χ1) is 24.7. The molecule has 0 amide bonds. The number of hydrogen-bond acceptors (Lipinski definition) is 1. The molecule has 0 atom stereocenters. The molecule has 232 valence electrons. The van der Waals surface area contributed by atoms with Gasteiger partial charge in [0.1, 0.15) is 0 Å². The molecule has 0 unspecified atom stereocenters. The lowest BCUT2D eigenvalue weighted by atomic mass is 10.0. The lowest BCUT2D eigenvalue weighted by Gasteiger charge is -2.34. The van der Waals surface area contributed by atoms with Crippen LogP contribution in [0.1, 0.15) is 5.56 Å². The van der Waals surface area contributed by atoms with Crippen LogP contribution in [0.3, 0.4) is 0 Å². The van der Waals surface area contributed by atoms with Gasteiger partial charge >= 0.3 is 0 Å². The Kier molecular flexibility index (Phi) is 7.63. The average molecular weight is 653 g/mol. The lowest BCUT2D eigenvalue weighted by Crippen LogP contribution is -2.74. The Balaban J connectivity index is 1.45. The minimum Gasteiger partial charge on any atom is -0.310 e. The molecule has 8 rings (SSSR count). The molecular formula is C45H28N4Si. The summed E-state index contributed by atoms with van der Waals surface area (Å²) in [5, 5.41) is 16.6. The monoisotopic (exact) mass is 652 g/mol. The summed E-state index contributed by atoms with van der Waals surface area (Å²) >= 11 is 0. The SMILES string of the molecule is [C-]#[N+]c1ccc2c(c1)c1cc(C#N)ccc1n2-c1cccc([N+]#[C-])c1-c1cccc([Si](c2ccccc2)(c2ccccc2)c2ccccc2)c1. The van der Waals surface area contributed by atoms with Crippen molar-refractivity contribution in [3.63, 3.8) is 0 Å². The van der Waals surface area contributed by atoms with Crippen LogP contribution in [0.2, 0.25) is 0 Å². The van der Waals surface area contributed by atoms with Gasteiger partial charge in [-0.05, 0) is 68.1 Å². The van der Waals surface area contributed by atoms with Crippen LogP contribution in [-0.2, 0) is 0 Å². The molecule has 0 bridgehead atoms. The fourth-order valence-corrected chi connectivity index (χ4v) is 12.3.